The third kappa shape index (κ3) is 3.42. The van der Waals surface area contributed by atoms with Crippen molar-refractivity contribution in [3.63, 3.8) is 0 Å². The molecule has 6 heteroatoms. The van der Waals surface area contributed by atoms with Crippen molar-refractivity contribution in [1.29, 1.82) is 0 Å². The number of benzene rings is 1. The van der Waals surface area contributed by atoms with Gasteiger partial charge < -0.3 is 15.2 Å². The smallest absolute Gasteiger partial charge is 0.322 e. The molecule has 2 N–H and O–H groups in total. The first-order valence-electron chi connectivity index (χ1n) is 5.68. The summed E-state index contributed by atoms with van der Waals surface area (Å²) < 4.78 is 11.5. The molecule has 1 aromatic carbocycles. The fourth-order valence-electron chi connectivity index (χ4n) is 1.54. The highest BCUT2D eigenvalue weighted by atomic mass is 79.9. The van der Waals surface area contributed by atoms with Crippen molar-refractivity contribution < 1.29 is 9.47 Å². The highest BCUT2D eigenvalue weighted by Gasteiger charge is 2.08. The average Bonchev–Trinajstić information content (AvgIpc) is 2.40. The lowest BCUT2D eigenvalue weighted by Gasteiger charge is -2.09. The molecule has 19 heavy (non-hydrogen) atoms. The molecule has 100 valence electrons. The van der Waals surface area contributed by atoms with Gasteiger partial charge in [-0.05, 0) is 47.1 Å². The lowest BCUT2D eigenvalue weighted by atomic mass is 10.3. The van der Waals surface area contributed by atoms with E-state index in [2.05, 4.69) is 25.9 Å². The molecule has 5 nitrogen and oxygen atoms in total. The molecule has 0 aliphatic heterocycles. The third-order valence-corrected chi connectivity index (χ3v) is 3.06. The van der Waals surface area contributed by atoms with Crippen LogP contribution in [-0.4, -0.2) is 17.1 Å². The summed E-state index contributed by atoms with van der Waals surface area (Å²) in [6.07, 6.45) is 0. The first kappa shape index (κ1) is 13.8. The number of nitrogens with zero attached hydrogens (tertiary/aromatic N) is 2. The molecule has 2 rings (SSSR count). The Morgan fingerprint density at radius 1 is 1.26 bits per heavy atom. The quantitative estimate of drug-likeness (QED) is 0.936. The van der Waals surface area contributed by atoms with Crippen LogP contribution in [0.15, 0.2) is 28.7 Å². The summed E-state index contributed by atoms with van der Waals surface area (Å²) in [6.45, 7) is 2.22. The van der Waals surface area contributed by atoms with Crippen LogP contribution in [-0.2, 0) is 6.54 Å². The normalized spacial score (nSPS) is 10.3. The summed E-state index contributed by atoms with van der Waals surface area (Å²) in [5.41, 5.74) is 7.13. The Kier molecular flexibility index (Phi) is 4.34. The second kappa shape index (κ2) is 5.99. The Hall–Kier alpha value is -1.66. The van der Waals surface area contributed by atoms with Crippen LogP contribution in [0.25, 0.3) is 0 Å². The van der Waals surface area contributed by atoms with Crippen LogP contribution < -0.4 is 15.2 Å². The molecule has 1 heterocycles. The Labute approximate surface area is 119 Å². The van der Waals surface area contributed by atoms with Crippen molar-refractivity contribution >= 4 is 15.9 Å². The summed E-state index contributed by atoms with van der Waals surface area (Å²) in [5, 5.41) is 0. The maximum atomic E-state index is 5.65. The van der Waals surface area contributed by atoms with Crippen LogP contribution in [0.5, 0.6) is 17.5 Å². The van der Waals surface area contributed by atoms with Gasteiger partial charge in [-0.3, -0.25) is 0 Å². The molecule has 0 unspecified atom stereocenters. The van der Waals surface area contributed by atoms with Gasteiger partial charge in [0.05, 0.1) is 17.3 Å². The van der Waals surface area contributed by atoms with Gasteiger partial charge in [-0.1, -0.05) is 0 Å². The summed E-state index contributed by atoms with van der Waals surface area (Å²) in [4.78, 5) is 8.44. The van der Waals surface area contributed by atoms with Gasteiger partial charge in [-0.25, -0.2) is 4.98 Å². The van der Waals surface area contributed by atoms with Crippen molar-refractivity contribution in [3.8, 4) is 17.5 Å². The van der Waals surface area contributed by atoms with Crippen molar-refractivity contribution in [3.05, 3.63) is 40.1 Å². The molecule has 0 fully saturated rings. The number of hydrogen-bond donors (Lipinski definition) is 1. The maximum absolute atomic E-state index is 5.65. The number of nitrogens with two attached hydrogens (primary N) is 1. The van der Waals surface area contributed by atoms with Crippen LogP contribution in [0.1, 0.15) is 11.4 Å². The lowest BCUT2D eigenvalue weighted by Crippen LogP contribution is -2.03. The minimum absolute atomic E-state index is 0.284. The van der Waals surface area contributed by atoms with Crippen molar-refractivity contribution in [1.82, 2.24) is 9.97 Å². The molecule has 2 aromatic rings. The fourth-order valence-corrected chi connectivity index (χ4v) is 1.98. The van der Waals surface area contributed by atoms with Crippen LogP contribution in [0, 0.1) is 6.92 Å². The van der Waals surface area contributed by atoms with Gasteiger partial charge in [0.1, 0.15) is 11.5 Å². The monoisotopic (exact) mass is 323 g/mol. The van der Waals surface area contributed by atoms with E-state index in [1.165, 1.54) is 0 Å². The van der Waals surface area contributed by atoms with Crippen molar-refractivity contribution in [2.24, 2.45) is 5.73 Å². The zero-order valence-corrected chi connectivity index (χ0v) is 12.3. The van der Waals surface area contributed by atoms with E-state index in [-0.39, 0.29) is 6.01 Å². The van der Waals surface area contributed by atoms with Crippen LogP contribution in [0.2, 0.25) is 0 Å². The van der Waals surface area contributed by atoms with Gasteiger partial charge in [-0.2, -0.15) is 4.98 Å². The maximum Gasteiger partial charge on any atom is 0.322 e. The van der Waals surface area contributed by atoms with Gasteiger partial charge in [0.2, 0.25) is 0 Å². The second-order valence-corrected chi connectivity index (χ2v) is 4.74. The Bertz CT molecular complexity index is 590. The van der Waals surface area contributed by atoms with Crippen molar-refractivity contribution in [2.75, 3.05) is 7.11 Å². The molecule has 0 atom stereocenters. The minimum atomic E-state index is 0.284. The molecule has 1 aromatic heterocycles. The number of halogens is 1. The summed E-state index contributed by atoms with van der Waals surface area (Å²) in [7, 11) is 1.61. The summed E-state index contributed by atoms with van der Waals surface area (Å²) in [6, 6.07) is 7.52. The van der Waals surface area contributed by atoms with E-state index >= 15 is 0 Å². The molecule has 0 bridgehead atoms. The third-order valence-electron chi connectivity index (χ3n) is 2.44. The molecular weight excluding hydrogens is 310 g/mol. The number of methoxy groups -OCH3 is 1. The Morgan fingerprint density at radius 3 is 2.68 bits per heavy atom. The predicted molar refractivity (Wildman–Crippen MR) is 75.4 cm³/mol. The molecule has 0 aliphatic carbocycles. The Morgan fingerprint density at radius 2 is 2.05 bits per heavy atom. The fraction of sp³-hybridized carbons (Fsp3) is 0.231. The number of rotatable bonds is 4. The summed E-state index contributed by atoms with van der Waals surface area (Å²) in [5.74, 6) is 1.36. The van der Waals surface area contributed by atoms with Gasteiger partial charge in [0.15, 0.2) is 0 Å². The van der Waals surface area contributed by atoms with Gasteiger partial charge in [-0.15, -0.1) is 0 Å². The highest BCUT2D eigenvalue weighted by molar-refractivity contribution is 9.10. The Balaban J connectivity index is 2.28. The zero-order valence-electron chi connectivity index (χ0n) is 10.7. The summed E-state index contributed by atoms with van der Waals surface area (Å²) >= 11 is 3.41. The highest BCUT2D eigenvalue weighted by Crippen LogP contribution is 2.31. The van der Waals surface area contributed by atoms with Crippen LogP contribution in [0.4, 0.5) is 0 Å². The van der Waals surface area contributed by atoms with E-state index in [1.807, 2.05) is 19.1 Å². The molecule has 0 radical (unpaired) electrons. The molecule has 0 saturated carbocycles. The van der Waals surface area contributed by atoms with E-state index in [0.717, 1.165) is 21.6 Å². The second-order valence-electron chi connectivity index (χ2n) is 3.89. The topological polar surface area (TPSA) is 70.3 Å². The van der Waals surface area contributed by atoms with Crippen LogP contribution in [0.3, 0.4) is 0 Å². The van der Waals surface area contributed by atoms with E-state index in [9.17, 15) is 0 Å². The minimum Gasteiger partial charge on any atom is -0.497 e. The number of ether oxygens (including phenoxy) is 2. The largest absolute Gasteiger partial charge is 0.497 e. The average molecular weight is 324 g/mol. The van der Waals surface area contributed by atoms with E-state index in [0.29, 0.717) is 12.3 Å². The number of aromatic nitrogens is 2. The lowest BCUT2D eigenvalue weighted by molar-refractivity contribution is 0.409. The standard InChI is InChI=1S/C13H14BrN3O2/c1-8-5-9(7-15)17-13(16-8)19-12-4-3-10(18-2)6-11(12)14/h3-6H,7,15H2,1-2H3. The van der Waals surface area contributed by atoms with E-state index in [1.54, 1.807) is 19.2 Å². The number of hydrogen-bond acceptors (Lipinski definition) is 5. The molecular formula is C13H14BrN3O2. The molecule has 0 amide bonds. The SMILES string of the molecule is COc1ccc(Oc2nc(C)cc(CN)n2)c(Br)c1. The van der Waals surface area contributed by atoms with Crippen molar-refractivity contribution in [2.45, 2.75) is 13.5 Å². The van der Waals surface area contributed by atoms with Gasteiger partial charge >= 0.3 is 6.01 Å². The molecule has 0 aliphatic rings. The van der Waals surface area contributed by atoms with Gasteiger partial charge in [0, 0.05) is 12.2 Å². The predicted octanol–water partition coefficient (Wildman–Crippen LogP) is 2.81. The van der Waals surface area contributed by atoms with Crippen LogP contribution >= 0.6 is 15.9 Å². The first-order chi connectivity index (χ1) is 9.12. The van der Waals surface area contributed by atoms with Gasteiger partial charge in [0.25, 0.3) is 0 Å². The molecule has 0 saturated heterocycles. The number of aryl methyl sites for hydroxylation is 1. The molecule has 0 spiro atoms. The van der Waals surface area contributed by atoms with E-state index < -0.39 is 0 Å². The van der Waals surface area contributed by atoms with E-state index in [4.69, 9.17) is 15.2 Å². The zero-order chi connectivity index (χ0) is 13.8. The first-order valence-corrected chi connectivity index (χ1v) is 6.47.